The lowest BCUT2D eigenvalue weighted by atomic mass is 10.1. The van der Waals surface area contributed by atoms with Gasteiger partial charge in [-0.25, -0.2) is 4.39 Å². The smallest absolute Gasteiger partial charge is 0.308 e. The summed E-state index contributed by atoms with van der Waals surface area (Å²) in [5.41, 5.74) is 1.25. The van der Waals surface area contributed by atoms with E-state index < -0.39 is 11.9 Å². The molecule has 1 unspecified atom stereocenters. The molecule has 1 atom stereocenters. The summed E-state index contributed by atoms with van der Waals surface area (Å²) in [7, 11) is 1.54. The number of rotatable bonds is 5. The Morgan fingerprint density at radius 1 is 1.45 bits per heavy atom. The zero-order valence-corrected chi connectivity index (χ0v) is 11.8. The van der Waals surface area contributed by atoms with E-state index in [-0.39, 0.29) is 18.3 Å². The van der Waals surface area contributed by atoms with Crippen molar-refractivity contribution in [2.75, 3.05) is 13.6 Å². The highest BCUT2D eigenvalue weighted by molar-refractivity contribution is 5.94. The SMILES string of the molecule is C/C(=C/C(=O)N(C)CC(C)C(=O)O)c1cccc(F)c1. The van der Waals surface area contributed by atoms with Crippen LogP contribution in [0.2, 0.25) is 0 Å². The van der Waals surface area contributed by atoms with Gasteiger partial charge in [0.1, 0.15) is 5.82 Å². The Morgan fingerprint density at radius 3 is 2.65 bits per heavy atom. The molecule has 0 aliphatic carbocycles. The van der Waals surface area contributed by atoms with Crippen LogP contribution in [0.1, 0.15) is 19.4 Å². The summed E-state index contributed by atoms with van der Waals surface area (Å²) in [5, 5.41) is 8.81. The van der Waals surface area contributed by atoms with Gasteiger partial charge in [0.25, 0.3) is 0 Å². The molecule has 0 radical (unpaired) electrons. The van der Waals surface area contributed by atoms with Crippen molar-refractivity contribution < 1.29 is 19.1 Å². The number of aliphatic carboxylic acids is 1. The van der Waals surface area contributed by atoms with Crippen LogP contribution in [0.3, 0.4) is 0 Å². The van der Waals surface area contributed by atoms with Crippen molar-refractivity contribution in [1.29, 1.82) is 0 Å². The van der Waals surface area contributed by atoms with Crippen LogP contribution in [-0.4, -0.2) is 35.5 Å². The lowest BCUT2D eigenvalue weighted by Crippen LogP contribution is -2.32. The van der Waals surface area contributed by atoms with Gasteiger partial charge in [-0.15, -0.1) is 0 Å². The van der Waals surface area contributed by atoms with Gasteiger partial charge in [-0.3, -0.25) is 9.59 Å². The number of halogens is 1. The van der Waals surface area contributed by atoms with E-state index in [9.17, 15) is 14.0 Å². The molecule has 0 aliphatic rings. The third kappa shape index (κ3) is 4.50. The summed E-state index contributed by atoms with van der Waals surface area (Å²) in [4.78, 5) is 24.0. The maximum absolute atomic E-state index is 13.1. The molecule has 0 fully saturated rings. The molecule has 4 nitrogen and oxygen atoms in total. The van der Waals surface area contributed by atoms with Crippen LogP contribution in [0, 0.1) is 11.7 Å². The molecular weight excluding hydrogens is 261 g/mol. The number of likely N-dealkylation sites (N-methyl/N-ethyl adjacent to an activating group) is 1. The molecule has 1 N–H and O–H groups in total. The summed E-state index contributed by atoms with van der Waals surface area (Å²) in [6, 6.07) is 5.96. The first-order valence-electron chi connectivity index (χ1n) is 6.23. The lowest BCUT2D eigenvalue weighted by molar-refractivity contribution is -0.142. The fourth-order valence-electron chi connectivity index (χ4n) is 1.69. The van der Waals surface area contributed by atoms with Crippen molar-refractivity contribution in [3.8, 4) is 0 Å². The number of carboxylic acids is 1. The van der Waals surface area contributed by atoms with E-state index in [2.05, 4.69) is 0 Å². The predicted octanol–water partition coefficient (Wildman–Crippen LogP) is 2.41. The average Bonchev–Trinajstić information content (AvgIpc) is 2.38. The third-order valence-corrected chi connectivity index (χ3v) is 2.97. The second-order valence-electron chi connectivity index (χ2n) is 4.80. The predicted molar refractivity (Wildman–Crippen MR) is 74.5 cm³/mol. The van der Waals surface area contributed by atoms with Crippen LogP contribution in [0.4, 0.5) is 4.39 Å². The summed E-state index contributed by atoms with van der Waals surface area (Å²) in [6.45, 7) is 3.37. The molecule has 1 aromatic rings. The molecule has 20 heavy (non-hydrogen) atoms. The first-order valence-corrected chi connectivity index (χ1v) is 6.23. The molecule has 0 saturated heterocycles. The number of hydrogen-bond donors (Lipinski definition) is 1. The Balaban J connectivity index is 2.77. The third-order valence-electron chi connectivity index (χ3n) is 2.97. The molecule has 0 aromatic heterocycles. The Hall–Kier alpha value is -2.17. The Kier molecular flexibility index (Phi) is 5.43. The maximum Gasteiger partial charge on any atom is 0.308 e. The highest BCUT2D eigenvalue weighted by Gasteiger charge is 2.16. The molecule has 0 saturated carbocycles. The zero-order chi connectivity index (χ0) is 15.3. The van der Waals surface area contributed by atoms with Crippen molar-refractivity contribution >= 4 is 17.4 Å². The van der Waals surface area contributed by atoms with E-state index in [0.29, 0.717) is 11.1 Å². The number of nitrogens with zero attached hydrogens (tertiary/aromatic N) is 1. The standard InChI is InChI=1S/C15H18FNO3/c1-10(12-5-4-6-13(16)8-12)7-14(18)17(3)9-11(2)15(19)20/h4-8,11H,9H2,1-3H3,(H,19,20)/b10-7-. The lowest BCUT2D eigenvalue weighted by Gasteiger charge is -2.18. The molecule has 1 aromatic carbocycles. The highest BCUT2D eigenvalue weighted by Crippen LogP contribution is 2.15. The second-order valence-corrected chi connectivity index (χ2v) is 4.80. The molecule has 0 bridgehead atoms. The van der Waals surface area contributed by atoms with E-state index in [4.69, 9.17) is 5.11 Å². The minimum Gasteiger partial charge on any atom is -0.481 e. The number of carbonyl (C=O) groups is 2. The molecule has 108 valence electrons. The van der Waals surface area contributed by atoms with Crippen LogP contribution in [0.5, 0.6) is 0 Å². The minimum absolute atomic E-state index is 0.126. The number of benzene rings is 1. The van der Waals surface area contributed by atoms with E-state index in [1.165, 1.54) is 37.1 Å². The van der Waals surface area contributed by atoms with Gasteiger partial charge in [0.2, 0.25) is 5.91 Å². The van der Waals surface area contributed by atoms with Crippen LogP contribution >= 0.6 is 0 Å². The van der Waals surface area contributed by atoms with Crippen LogP contribution in [0.25, 0.3) is 5.57 Å². The highest BCUT2D eigenvalue weighted by atomic mass is 19.1. The largest absolute Gasteiger partial charge is 0.481 e. The monoisotopic (exact) mass is 279 g/mol. The molecule has 5 heteroatoms. The second kappa shape index (κ2) is 6.84. The number of hydrogen-bond acceptors (Lipinski definition) is 2. The molecule has 1 amide bonds. The van der Waals surface area contributed by atoms with E-state index in [1.807, 2.05) is 0 Å². The van der Waals surface area contributed by atoms with E-state index in [1.54, 1.807) is 19.1 Å². The molecule has 1 rings (SSSR count). The first-order chi connectivity index (χ1) is 9.31. The number of amides is 1. The fraction of sp³-hybridized carbons (Fsp3) is 0.333. The van der Waals surface area contributed by atoms with E-state index >= 15 is 0 Å². The average molecular weight is 279 g/mol. The zero-order valence-electron chi connectivity index (χ0n) is 11.8. The normalized spacial score (nSPS) is 12.9. The topological polar surface area (TPSA) is 57.6 Å². The minimum atomic E-state index is -0.949. The van der Waals surface area contributed by atoms with Gasteiger partial charge in [-0.05, 0) is 30.2 Å². The Morgan fingerprint density at radius 2 is 2.10 bits per heavy atom. The molecule has 0 heterocycles. The van der Waals surface area contributed by atoms with E-state index in [0.717, 1.165) is 0 Å². The van der Waals surface area contributed by atoms with Gasteiger partial charge >= 0.3 is 5.97 Å². The summed E-state index contributed by atoms with van der Waals surface area (Å²) in [6.07, 6.45) is 1.38. The Bertz CT molecular complexity index is 540. The molecule has 0 spiro atoms. The van der Waals surface area contributed by atoms with Gasteiger partial charge < -0.3 is 10.0 Å². The quantitative estimate of drug-likeness (QED) is 0.842. The van der Waals surface area contributed by atoms with Crippen molar-refractivity contribution in [3.63, 3.8) is 0 Å². The van der Waals surface area contributed by atoms with Gasteiger partial charge in [0.15, 0.2) is 0 Å². The van der Waals surface area contributed by atoms with Gasteiger partial charge in [0, 0.05) is 19.7 Å². The van der Waals surface area contributed by atoms with Crippen molar-refractivity contribution in [3.05, 3.63) is 41.7 Å². The number of allylic oxidation sites excluding steroid dienone is 1. The molecule has 0 aliphatic heterocycles. The van der Waals surface area contributed by atoms with Crippen molar-refractivity contribution in [1.82, 2.24) is 4.90 Å². The first kappa shape index (κ1) is 15.9. The summed E-state index contributed by atoms with van der Waals surface area (Å²) in [5.74, 6) is -2.25. The van der Waals surface area contributed by atoms with Crippen molar-refractivity contribution in [2.45, 2.75) is 13.8 Å². The summed E-state index contributed by atoms with van der Waals surface area (Å²) < 4.78 is 13.1. The summed E-state index contributed by atoms with van der Waals surface area (Å²) >= 11 is 0. The number of carbonyl (C=O) groups excluding carboxylic acids is 1. The Labute approximate surface area is 117 Å². The fourth-order valence-corrected chi connectivity index (χ4v) is 1.69. The van der Waals surface area contributed by atoms with Crippen LogP contribution in [0.15, 0.2) is 30.3 Å². The molecular formula is C15H18FNO3. The van der Waals surface area contributed by atoms with Crippen LogP contribution < -0.4 is 0 Å². The number of carboxylic acid groups (broad SMARTS) is 1. The van der Waals surface area contributed by atoms with Crippen LogP contribution in [-0.2, 0) is 9.59 Å². The van der Waals surface area contributed by atoms with Crippen molar-refractivity contribution in [2.24, 2.45) is 5.92 Å². The van der Waals surface area contributed by atoms with Gasteiger partial charge in [0.05, 0.1) is 5.92 Å². The van der Waals surface area contributed by atoms with Gasteiger partial charge in [-0.2, -0.15) is 0 Å². The van der Waals surface area contributed by atoms with Gasteiger partial charge in [-0.1, -0.05) is 19.1 Å². The maximum atomic E-state index is 13.1.